The first-order valence-corrected chi connectivity index (χ1v) is 11.6. The summed E-state index contributed by atoms with van der Waals surface area (Å²) in [4.78, 5) is 11.2. The second-order valence-electron chi connectivity index (χ2n) is 5.00. The van der Waals surface area contributed by atoms with Gasteiger partial charge >= 0.3 is 127 Å². The number of rotatable bonds is 4. The predicted octanol–water partition coefficient (Wildman–Crippen LogP) is 2.01. The van der Waals surface area contributed by atoms with Crippen molar-refractivity contribution in [2.45, 2.75) is 20.8 Å². The molecule has 0 aliphatic heterocycles. The Kier molecular flexibility index (Phi) is 5.23. The van der Waals surface area contributed by atoms with Crippen LogP contribution in [0.2, 0.25) is 0 Å². The summed E-state index contributed by atoms with van der Waals surface area (Å²) in [6.07, 6.45) is 0. The molecule has 0 bridgehead atoms. The van der Waals surface area contributed by atoms with E-state index in [0.29, 0.717) is 4.62 Å². The fourth-order valence-corrected chi connectivity index (χ4v) is 9.06. The normalized spacial score (nSPS) is 10.6. The van der Waals surface area contributed by atoms with Gasteiger partial charge in [-0.3, -0.25) is 0 Å². The van der Waals surface area contributed by atoms with Gasteiger partial charge in [-0.1, -0.05) is 0 Å². The molecule has 0 unspecified atom stereocenters. The molecule has 0 spiro atoms. The Bertz CT molecular complexity index is 562. The van der Waals surface area contributed by atoms with E-state index in [0.717, 1.165) is 0 Å². The van der Waals surface area contributed by atoms with Crippen LogP contribution in [0.3, 0.4) is 0 Å². The second kappa shape index (κ2) is 6.93. The minimum atomic E-state index is -2.17. The molecule has 0 atom stereocenters. The molecule has 2 aromatic carbocycles. The van der Waals surface area contributed by atoms with Crippen LogP contribution in [0.5, 0.6) is 0 Å². The second-order valence-corrected chi connectivity index (χ2v) is 11.8. The van der Waals surface area contributed by atoms with Gasteiger partial charge in [-0.25, -0.2) is 0 Å². The van der Waals surface area contributed by atoms with Gasteiger partial charge in [0.2, 0.25) is 0 Å². The zero-order chi connectivity index (χ0) is 14.5. The van der Waals surface area contributed by atoms with Crippen molar-refractivity contribution < 1.29 is 9.53 Å². The van der Waals surface area contributed by atoms with Gasteiger partial charge < -0.3 is 0 Å². The van der Waals surface area contributed by atoms with Crippen LogP contribution in [0.1, 0.15) is 18.1 Å². The maximum atomic E-state index is 11.2. The number of ether oxygens (including phenoxy) is 1. The number of aryl methyl sites for hydroxylation is 2. The molecular formula is C17H19O2Sn. The van der Waals surface area contributed by atoms with Gasteiger partial charge in [-0.2, -0.15) is 0 Å². The van der Waals surface area contributed by atoms with Gasteiger partial charge in [0.05, 0.1) is 0 Å². The van der Waals surface area contributed by atoms with Crippen LogP contribution in [0, 0.1) is 13.8 Å². The zero-order valence-corrected chi connectivity index (χ0v) is 15.0. The summed E-state index contributed by atoms with van der Waals surface area (Å²) in [6, 6.07) is 17.2. The standard InChI is InChI=1S/2C7H7.C3H5O2.Sn/c2*1-7-5-3-2-4-6-7;1-3(4)5-2;/h2*2-3,5-6H,1H3;2H2,1H3;. The molecule has 3 heteroatoms. The molecule has 0 fully saturated rings. The van der Waals surface area contributed by atoms with E-state index in [4.69, 9.17) is 4.74 Å². The zero-order valence-electron chi connectivity index (χ0n) is 12.1. The Morgan fingerprint density at radius 3 is 1.90 bits per heavy atom. The minimum absolute atomic E-state index is 0.191. The van der Waals surface area contributed by atoms with Crippen LogP contribution in [-0.4, -0.2) is 30.4 Å². The summed E-state index contributed by atoms with van der Waals surface area (Å²) in [6.45, 7) is 5.69. The van der Waals surface area contributed by atoms with Crippen molar-refractivity contribution in [3.63, 3.8) is 0 Å². The van der Waals surface area contributed by atoms with Crippen molar-refractivity contribution in [1.29, 1.82) is 0 Å². The van der Waals surface area contributed by atoms with Crippen molar-refractivity contribution in [1.82, 2.24) is 0 Å². The number of hydrogen-bond acceptors (Lipinski definition) is 2. The van der Waals surface area contributed by atoms with Gasteiger partial charge in [-0.15, -0.1) is 0 Å². The monoisotopic (exact) mass is 375 g/mol. The van der Waals surface area contributed by atoms with E-state index in [-0.39, 0.29) is 5.97 Å². The van der Waals surface area contributed by atoms with E-state index in [1.54, 1.807) is 0 Å². The first-order chi connectivity index (χ1) is 9.56. The van der Waals surface area contributed by atoms with E-state index in [1.165, 1.54) is 25.2 Å². The molecular weight excluding hydrogens is 355 g/mol. The fourth-order valence-electron chi connectivity index (χ4n) is 2.17. The van der Waals surface area contributed by atoms with Crippen LogP contribution in [0.15, 0.2) is 48.5 Å². The number of esters is 1. The van der Waals surface area contributed by atoms with Crippen molar-refractivity contribution in [2.24, 2.45) is 0 Å². The molecule has 0 aliphatic rings. The molecule has 0 saturated heterocycles. The van der Waals surface area contributed by atoms with E-state index in [2.05, 4.69) is 62.4 Å². The SMILES string of the molecule is CC(=O)O[CH2][Sn]([c]1cccc(C)c1)[c]1cccc(C)c1. The molecule has 0 N–H and O–H groups in total. The predicted molar refractivity (Wildman–Crippen MR) is 84.0 cm³/mol. The molecule has 0 aliphatic carbocycles. The molecule has 103 valence electrons. The van der Waals surface area contributed by atoms with Crippen LogP contribution in [-0.2, 0) is 9.53 Å². The number of hydrogen-bond donors (Lipinski definition) is 0. The Balaban J connectivity index is 2.36. The first-order valence-electron chi connectivity index (χ1n) is 6.69. The Labute approximate surface area is 127 Å². The van der Waals surface area contributed by atoms with E-state index in [1.807, 2.05) is 0 Å². The van der Waals surface area contributed by atoms with E-state index >= 15 is 0 Å². The maximum absolute atomic E-state index is 11.2. The van der Waals surface area contributed by atoms with Gasteiger partial charge in [0, 0.05) is 0 Å². The molecule has 20 heavy (non-hydrogen) atoms. The van der Waals surface area contributed by atoms with Gasteiger partial charge in [0.15, 0.2) is 0 Å². The molecule has 0 saturated carbocycles. The summed E-state index contributed by atoms with van der Waals surface area (Å²) in [5.41, 5.74) is 2.52. The molecule has 2 nitrogen and oxygen atoms in total. The average molecular weight is 374 g/mol. The number of carbonyl (C=O) groups is 1. The van der Waals surface area contributed by atoms with Crippen LogP contribution in [0.4, 0.5) is 0 Å². The molecule has 2 rings (SSSR count). The Hall–Kier alpha value is -1.29. The topological polar surface area (TPSA) is 26.3 Å². The molecule has 0 aromatic heterocycles. The van der Waals surface area contributed by atoms with E-state index in [9.17, 15) is 4.79 Å². The van der Waals surface area contributed by atoms with Crippen LogP contribution < -0.4 is 7.16 Å². The van der Waals surface area contributed by atoms with Gasteiger partial charge in [-0.05, 0) is 0 Å². The fraction of sp³-hybridized carbons (Fsp3) is 0.235. The van der Waals surface area contributed by atoms with E-state index < -0.39 is 19.8 Å². The molecule has 0 amide bonds. The number of benzene rings is 2. The Morgan fingerprint density at radius 2 is 1.50 bits per heavy atom. The Morgan fingerprint density at radius 1 is 1.00 bits per heavy atom. The van der Waals surface area contributed by atoms with Crippen molar-refractivity contribution >= 4 is 32.9 Å². The average Bonchev–Trinajstić information content (AvgIpc) is 2.39. The van der Waals surface area contributed by atoms with Crippen molar-refractivity contribution in [3.05, 3.63) is 59.7 Å². The van der Waals surface area contributed by atoms with Gasteiger partial charge in [0.25, 0.3) is 0 Å². The third-order valence-corrected chi connectivity index (χ3v) is 10.1. The van der Waals surface area contributed by atoms with Crippen molar-refractivity contribution in [2.75, 3.05) is 4.62 Å². The summed E-state index contributed by atoms with van der Waals surface area (Å²) < 4.78 is 8.66. The van der Waals surface area contributed by atoms with Crippen LogP contribution >= 0.6 is 0 Å². The molecule has 2 aromatic rings. The van der Waals surface area contributed by atoms with Gasteiger partial charge in [0.1, 0.15) is 0 Å². The summed E-state index contributed by atoms with van der Waals surface area (Å²) in [5, 5.41) is 0. The van der Waals surface area contributed by atoms with Crippen LogP contribution in [0.25, 0.3) is 0 Å². The summed E-state index contributed by atoms with van der Waals surface area (Å²) >= 11 is -2.17. The third kappa shape index (κ3) is 4.10. The third-order valence-electron chi connectivity index (χ3n) is 3.15. The molecule has 1 radical (unpaired) electrons. The summed E-state index contributed by atoms with van der Waals surface area (Å²) in [5.74, 6) is -0.191. The molecule has 0 heterocycles. The quantitative estimate of drug-likeness (QED) is 0.605. The van der Waals surface area contributed by atoms with Crippen molar-refractivity contribution in [3.8, 4) is 0 Å². The first kappa shape index (κ1) is 15.1. The summed E-state index contributed by atoms with van der Waals surface area (Å²) in [7, 11) is 0. The number of carbonyl (C=O) groups excluding carboxylic acids is 1.